The minimum atomic E-state index is -0.405. The van der Waals surface area contributed by atoms with Gasteiger partial charge in [-0.2, -0.15) is 0 Å². The van der Waals surface area contributed by atoms with Gasteiger partial charge < -0.3 is 9.14 Å². The molecule has 0 N–H and O–H groups in total. The maximum atomic E-state index is 12.2. The molecule has 1 aliphatic rings. The van der Waals surface area contributed by atoms with E-state index < -0.39 is 5.97 Å². The lowest BCUT2D eigenvalue weighted by molar-refractivity contribution is 0.0525. The van der Waals surface area contributed by atoms with Gasteiger partial charge in [-0.3, -0.25) is 9.79 Å². The van der Waals surface area contributed by atoms with Crippen molar-refractivity contribution >= 4 is 29.2 Å². The summed E-state index contributed by atoms with van der Waals surface area (Å²) in [6, 6.07) is 3.72. The largest absolute Gasteiger partial charge is 0.462 e. The Morgan fingerprint density at radius 2 is 2.00 bits per heavy atom. The van der Waals surface area contributed by atoms with E-state index in [0.717, 1.165) is 29.6 Å². The molecule has 0 aliphatic carbocycles. The number of carbonyl (C=O) groups is 2. The highest BCUT2D eigenvalue weighted by Gasteiger charge is 2.20. The first-order chi connectivity index (χ1) is 12.5. The second-order valence-corrected chi connectivity index (χ2v) is 5.81. The van der Waals surface area contributed by atoms with E-state index in [0.29, 0.717) is 23.4 Å². The number of allylic oxidation sites excluding steroid dienone is 1. The summed E-state index contributed by atoms with van der Waals surface area (Å²) >= 11 is 0. The van der Waals surface area contributed by atoms with Gasteiger partial charge >= 0.3 is 5.97 Å². The minimum absolute atomic E-state index is 0.0908. The number of hydrogen-bond donors (Lipinski definition) is 0. The van der Waals surface area contributed by atoms with Gasteiger partial charge in [0.25, 0.3) is 0 Å². The number of fused-ring (bicyclic) bond motifs is 1. The van der Waals surface area contributed by atoms with Gasteiger partial charge in [0, 0.05) is 30.4 Å². The molecule has 0 amide bonds. The topological polar surface area (TPSA) is 60.1 Å². The van der Waals surface area contributed by atoms with E-state index in [2.05, 4.69) is 23.9 Å². The van der Waals surface area contributed by atoms with Gasteiger partial charge in [0.2, 0.25) is 0 Å². The number of aliphatic imine (C=N–C) groups is 1. The predicted molar refractivity (Wildman–Crippen MR) is 104 cm³/mol. The van der Waals surface area contributed by atoms with Gasteiger partial charge in [0.1, 0.15) is 0 Å². The predicted octanol–water partition coefficient (Wildman–Crippen LogP) is 4.08. The fourth-order valence-electron chi connectivity index (χ4n) is 3.05. The first-order valence-electron chi connectivity index (χ1n) is 8.43. The molecule has 2 aromatic rings. The molecular weight excluding hydrogens is 328 g/mol. The molecule has 2 aromatic heterocycles. The first kappa shape index (κ1) is 19.2. The normalized spacial score (nSPS) is 12.9. The van der Waals surface area contributed by atoms with Crippen LogP contribution in [0.2, 0.25) is 0 Å². The van der Waals surface area contributed by atoms with Crippen LogP contribution < -0.4 is 0 Å². The number of ether oxygens (including phenoxy) is 1. The van der Waals surface area contributed by atoms with Crippen LogP contribution in [-0.2, 0) is 4.74 Å². The molecule has 0 atom stereocenters. The van der Waals surface area contributed by atoms with Crippen molar-refractivity contribution in [1.82, 2.24) is 4.40 Å². The Morgan fingerprint density at radius 1 is 1.27 bits per heavy atom. The fourth-order valence-corrected chi connectivity index (χ4v) is 3.05. The van der Waals surface area contributed by atoms with Crippen LogP contribution in [0.4, 0.5) is 0 Å². The van der Waals surface area contributed by atoms with Crippen LogP contribution >= 0.6 is 0 Å². The SMILES string of the molecule is C#C.CCOC(=O)c1cc2cc(C3=CCCC=N3)cn2c(C(C)=O)c1C. The lowest BCUT2D eigenvalue weighted by Crippen LogP contribution is -2.13. The van der Waals surface area contributed by atoms with Crippen LogP contribution in [0.5, 0.6) is 0 Å². The molecule has 0 saturated heterocycles. The monoisotopic (exact) mass is 350 g/mol. The van der Waals surface area contributed by atoms with Crippen molar-refractivity contribution in [3.8, 4) is 12.8 Å². The highest BCUT2D eigenvalue weighted by atomic mass is 16.5. The molecule has 3 heterocycles. The Balaban J connectivity index is 0.00000117. The molecule has 0 fully saturated rings. The second kappa shape index (κ2) is 8.30. The third-order valence-electron chi connectivity index (χ3n) is 4.13. The highest BCUT2D eigenvalue weighted by molar-refractivity contribution is 6.01. The van der Waals surface area contributed by atoms with E-state index in [1.54, 1.807) is 19.9 Å². The van der Waals surface area contributed by atoms with Crippen LogP contribution in [0.3, 0.4) is 0 Å². The molecule has 5 nitrogen and oxygen atoms in total. The van der Waals surface area contributed by atoms with Crippen LogP contribution in [0, 0.1) is 19.8 Å². The Kier molecular flexibility index (Phi) is 6.13. The molecular formula is C21H22N2O3. The van der Waals surface area contributed by atoms with Crippen molar-refractivity contribution < 1.29 is 14.3 Å². The zero-order valence-electron chi connectivity index (χ0n) is 15.3. The van der Waals surface area contributed by atoms with Crippen LogP contribution in [0.25, 0.3) is 11.2 Å². The molecule has 134 valence electrons. The zero-order chi connectivity index (χ0) is 19.3. The van der Waals surface area contributed by atoms with Crippen molar-refractivity contribution in [2.45, 2.75) is 33.6 Å². The summed E-state index contributed by atoms with van der Waals surface area (Å²) < 4.78 is 6.96. The van der Waals surface area contributed by atoms with E-state index in [1.807, 2.05) is 22.9 Å². The molecule has 1 aliphatic heterocycles. The van der Waals surface area contributed by atoms with Crippen LogP contribution in [0.15, 0.2) is 29.4 Å². The van der Waals surface area contributed by atoms with Gasteiger partial charge in [-0.15, -0.1) is 12.8 Å². The minimum Gasteiger partial charge on any atom is -0.462 e. The number of nitrogens with zero attached hydrogens (tertiary/aromatic N) is 2. The zero-order valence-corrected chi connectivity index (χ0v) is 15.3. The van der Waals surface area contributed by atoms with Gasteiger partial charge in [-0.05, 0) is 44.4 Å². The summed E-state index contributed by atoms with van der Waals surface area (Å²) in [4.78, 5) is 28.8. The number of carbonyl (C=O) groups excluding carboxylic acids is 2. The fraction of sp³-hybridized carbons (Fsp3) is 0.286. The number of Topliss-reactive ketones (excluding diaryl/α,β-unsaturated/α-hetero) is 1. The average Bonchev–Trinajstić information content (AvgIpc) is 3.07. The molecule has 0 saturated carbocycles. The number of pyridine rings is 1. The number of aromatic nitrogens is 1. The van der Waals surface area contributed by atoms with Crippen molar-refractivity contribution in [2.75, 3.05) is 6.61 Å². The summed E-state index contributed by atoms with van der Waals surface area (Å²) in [5.41, 5.74) is 4.19. The van der Waals surface area contributed by atoms with Crippen molar-refractivity contribution in [2.24, 2.45) is 4.99 Å². The van der Waals surface area contributed by atoms with Crippen molar-refractivity contribution in [1.29, 1.82) is 0 Å². The number of ketones is 1. The van der Waals surface area contributed by atoms with Gasteiger partial charge in [0.15, 0.2) is 5.78 Å². The molecule has 5 heteroatoms. The van der Waals surface area contributed by atoms with Crippen LogP contribution in [-0.4, -0.2) is 29.0 Å². The van der Waals surface area contributed by atoms with E-state index in [4.69, 9.17) is 4.74 Å². The van der Waals surface area contributed by atoms with E-state index in [9.17, 15) is 9.59 Å². The molecule has 0 aromatic carbocycles. The number of esters is 1. The third-order valence-corrected chi connectivity index (χ3v) is 4.13. The summed E-state index contributed by atoms with van der Waals surface area (Å²) in [6.07, 6.45) is 15.8. The summed E-state index contributed by atoms with van der Waals surface area (Å²) in [5.74, 6) is -0.496. The number of hydrogen-bond acceptors (Lipinski definition) is 4. The molecule has 0 spiro atoms. The molecule has 3 rings (SSSR count). The average molecular weight is 350 g/mol. The standard InChI is InChI=1S/C19H20N2O3.C2H2/c1-4-24-19(23)16-10-15-9-14(17-7-5-6-8-20-17)11-21(15)18(12(16)2)13(3)22;1-2/h7-11H,4-6H2,1-3H3;1-2H. The van der Waals surface area contributed by atoms with Gasteiger partial charge in [-0.25, -0.2) is 4.79 Å². The quantitative estimate of drug-likeness (QED) is 0.474. The molecule has 26 heavy (non-hydrogen) atoms. The van der Waals surface area contributed by atoms with Gasteiger partial charge in [0.05, 0.1) is 23.6 Å². The van der Waals surface area contributed by atoms with Gasteiger partial charge in [-0.1, -0.05) is 6.08 Å². The maximum Gasteiger partial charge on any atom is 0.338 e. The van der Waals surface area contributed by atoms with E-state index in [1.165, 1.54) is 6.92 Å². The Morgan fingerprint density at radius 3 is 2.58 bits per heavy atom. The first-order valence-corrected chi connectivity index (χ1v) is 8.43. The van der Waals surface area contributed by atoms with Crippen molar-refractivity contribution in [3.63, 3.8) is 0 Å². The third kappa shape index (κ3) is 3.60. The maximum absolute atomic E-state index is 12.2. The Bertz CT molecular complexity index is 930. The molecule has 0 bridgehead atoms. The summed E-state index contributed by atoms with van der Waals surface area (Å²) in [5, 5.41) is 0. The van der Waals surface area contributed by atoms with E-state index >= 15 is 0 Å². The molecule has 0 radical (unpaired) electrons. The Labute approximate surface area is 153 Å². The van der Waals surface area contributed by atoms with Crippen molar-refractivity contribution in [3.05, 3.63) is 46.8 Å². The second-order valence-electron chi connectivity index (χ2n) is 5.81. The van der Waals surface area contributed by atoms with E-state index in [-0.39, 0.29) is 5.78 Å². The highest BCUT2D eigenvalue weighted by Crippen LogP contribution is 2.27. The lowest BCUT2D eigenvalue weighted by Gasteiger charge is -2.12. The molecule has 0 unspecified atom stereocenters. The summed E-state index contributed by atoms with van der Waals surface area (Å²) in [7, 11) is 0. The Hall–Kier alpha value is -3.13. The van der Waals surface area contributed by atoms with Crippen LogP contribution in [0.1, 0.15) is 58.7 Å². The number of rotatable bonds is 4. The summed E-state index contributed by atoms with van der Waals surface area (Å²) in [6.45, 7) is 5.35. The number of terminal acetylenes is 1. The smallest absolute Gasteiger partial charge is 0.338 e. The lowest BCUT2D eigenvalue weighted by atomic mass is 10.0.